The topological polar surface area (TPSA) is 17.1 Å². The van der Waals surface area contributed by atoms with Crippen LogP contribution in [0.4, 0.5) is 0 Å². The van der Waals surface area contributed by atoms with E-state index in [4.69, 9.17) is 0 Å². The van der Waals surface area contributed by atoms with Gasteiger partial charge in [0.1, 0.15) is 5.78 Å². The van der Waals surface area contributed by atoms with E-state index in [1.807, 2.05) is 0 Å². The summed E-state index contributed by atoms with van der Waals surface area (Å²) in [6.07, 6.45) is 13.5. The van der Waals surface area contributed by atoms with Gasteiger partial charge in [-0.3, -0.25) is 4.79 Å². The number of hydrogen-bond acceptors (Lipinski definition) is 1. The van der Waals surface area contributed by atoms with Crippen LogP contribution in [0.3, 0.4) is 0 Å². The minimum atomic E-state index is 0.0159. The first kappa shape index (κ1) is 10.6. The first-order valence-corrected chi connectivity index (χ1v) is 6.95. The van der Waals surface area contributed by atoms with E-state index < -0.39 is 0 Å². The van der Waals surface area contributed by atoms with Crippen LogP contribution in [0, 0.1) is 23.2 Å². The molecule has 88 valence electrons. The summed E-state index contributed by atoms with van der Waals surface area (Å²) < 4.78 is 0. The van der Waals surface area contributed by atoms with Crippen molar-refractivity contribution in [2.45, 2.75) is 51.9 Å². The summed E-state index contributed by atoms with van der Waals surface area (Å²) in [4.78, 5) is 12.4. The van der Waals surface area contributed by atoms with E-state index in [1.165, 1.54) is 32.1 Å². The highest BCUT2D eigenvalue weighted by atomic mass is 16.1. The van der Waals surface area contributed by atoms with Crippen LogP contribution < -0.4 is 0 Å². The molecule has 3 aliphatic carbocycles. The summed E-state index contributed by atoms with van der Waals surface area (Å²) in [5, 5.41) is 0. The molecular weight excluding hydrogens is 196 g/mol. The summed E-state index contributed by atoms with van der Waals surface area (Å²) in [6, 6.07) is 0. The first-order valence-electron chi connectivity index (χ1n) is 6.95. The highest BCUT2D eigenvalue weighted by Crippen LogP contribution is 2.58. The lowest BCUT2D eigenvalue weighted by Gasteiger charge is -2.56. The molecule has 0 aromatic heterocycles. The molecule has 2 saturated carbocycles. The molecule has 0 aliphatic heterocycles. The van der Waals surface area contributed by atoms with Crippen molar-refractivity contribution >= 4 is 5.78 Å². The molecule has 0 heterocycles. The lowest BCUT2D eigenvalue weighted by molar-refractivity contribution is -0.160. The highest BCUT2D eigenvalue weighted by Gasteiger charge is 2.60. The Hall–Kier alpha value is -0.590. The van der Waals surface area contributed by atoms with Crippen LogP contribution in [0.2, 0.25) is 0 Å². The van der Waals surface area contributed by atoms with E-state index >= 15 is 0 Å². The van der Waals surface area contributed by atoms with Crippen LogP contribution >= 0.6 is 0 Å². The van der Waals surface area contributed by atoms with Gasteiger partial charge in [-0.25, -0.2) is 0 Å². The van der Waals surface area contributed by atoms with Gasteiger partial charge in [-0.2, -0.15) is 0 Å². The fourth-order valence-corrected chi connectivity index (χ4v) is 4.39. The van der Waals surface area contributed by atoms with Crippen molar-refractivity contribution in [3.05, 3.63) is 12.2 Å². The van der Waals surface area contributed by atoms with Crippen LogP contribution in [-0.4, -0.2) is 5.78 Å². The zero-order valence-corrected chi connectivity index (χ0v) is 10.2. The molecule has 3 aliphatic rings. The van der Waals surface area contributed by atoms with Gasteiger partial charge in [0.2, 0.25) is 0 Å². The minimum Gasteiger partial charge on any atom is -0.299 e. The predicted octanol–water partition coefficient (Wildman–Crippen LogP) is 3.74. The van der Waals surface area contributed by atoms with Gasteiger partial charge < -0.3 is 0 Å². The van der Waals surface area contributed by atoms with Gasteiger partial charge >= 0.3 is 0 Å². The predicted molar refractivity (Wildman–Crippen MR) is 65.0 cm³/mol. The normalized spacial score (nSPS) is 43.9. The Bertz CT molecular complexity index is 324. The Labute approximate surface area is 98.3 Å². The van der Waals surface area contributed by atoms with Crippen LogP contribution in [-0.2, 0) is 4.79 Å². The van der Waals surface area contributed by atoms with Gasteiger partial charge in [0.15, 0.2) is 0 Å². The quantitative estimate of drug-likeness (QED) is 0.613. The van der Waals surface area contributed by atoms with Gasteiger partial charge in [-0.15, -0.1) is 0 Å². The lowest BCUT2D eigenvalue weighted by Crippen LogP contribution is -2.59. The minimum absolute atomic E-state index is 0.0159. The van der Waals surface area contributed by atoms with Crippen molar-refractivity contribution < 1.29 is 4.79 Å². The molecule has 3 atom stereocenters. The Kier molecular flexibility index (Phi) is 2.45. The maximum Gasteiger partial charge on any atom is 0.143 e. The summed E-state index contributed by atoms with van der Waals surface area (Å²) in [5.74, 6) is 2.24. The molecule has 1 nitrogen and oxygen atoms in total. The number of carbonyl (C=O) groups excluding carboxylic acids is 1. The first-order chi connectivity index (χ1) is 7.74. The largest absolute Gasteiger partial charge is 0.299 e. The average molecular weight is 218 g/mol. The molecule has 1 heteroatoms. The molecule has 3 rings (SSSR count). The van der Waals surface area contributed by atoms with Crippen molar-refractivity contribution in [3.63, 3.8) is 0 Å². The van der Waals surface area contributed by atoms with Crippen molar-refractivity contribution in [1.82, 2.24) is 0 Å². The van der Waals surface area contributed by atoms with E-state index in [0.717, 1.165) is 12.8 Å². The molecule has 0 spiro atoms. The second-order valence-electron chi connectivity index (χ2n) is 6.12. The Morgan fingerprint density at radius 2 is 1.94 bits per heavy atom. The molecule has 0 saturated heterocycles. The fourth-order valence-electron chi connectivity index (χ4n) is 4.39. The second-order valence-corrected chi connectivity index (χ2v) is 6.12. The number of allylic oxidation sites excluding steroid dienone is 2. The van der Waals surface area contributed by atoms with E-state index in [9.17, 15) is 4.79 Å². The maximum atomic E-state index is 12.4. The Balaban J connectivity index is 1.83. The molecular formula is C15H22O. The van der Waals surface area contributed by atoms with Crippen molar-refractivity contribution in [3.8, 4) is 0 Å². The SMILES string of the molecule is C[C@]1(C2CCCCC2)C(=O)[C@@H]2CCC=C[C@@H]21. The summed E-state index contributed by atoms with van der Waals surface area (Å²) in [5.41, 5.74) is 0.0159. The molecule has 0 amide bonds. The molecule has 2 fully saturated rings. The zero-order chi connectivity index (χ0) is 11.2. The molecule has 0 N–H and O–H groups in total. The fraction of sp³-hybridized carbons (Fsp3) is 0.800. The highest BCUT2D eigenvalue weighted by molar-refractivity contribution is 5.94. The van der Waals surface area contributed by atoms with Gasteiger partial charge in [0.25, 0.3) is 0 Å². The average Bonchev–Trinajstić information content (AvgIpc) is 2.38. The number of rotatable bonds is 1. The summed E-state index contributed by atoms with van der Waals surface area (Å²) in [6.45, 7) is 2.25. The zero-order valence-electron chi connectivity index (χ0n) is 10.2. The van der Waals surface area contributed by atoms with Crippen LogP contribution in [0.15, 0.2) is 12.2 Å². The van der Waals surface area contributed by atoms with Crippen LogP contribution in [0.1, 0.15) is 51.9 Å². The number of hydrogen-bond donors (Lipinski definition) is 0. The molecule has 0 bridgehead atoms. The standard InChI is InChI=1S/C15H22O/c1-15(11-7-3-2-4-8-11)13-10-6-5-9-12(13)14(15)16/h6,10-13H,2-5,7-9H2,1H3/t12-,13+,15-/m1/s1. The van der Waals surface area contributed by atoms with Crippen LogP contribution in [0.25, 0.3) is 0 Å². The van der Waals surface area contributed by atoms with Gasteiger partial charge in [-0.1, -0.05) is 38.3 Å². The summed E-state index contributed by atoms with van der Waals surface area (Å²) in [7, 11) is 0. The number of fused-ring (bicyclic) bond motifs is 1. The third-order valence-corrected chi connectivity index (χ3v) is 5.43. The van der Waals surface area contributed by atoms with Gasteiger partial charge in [-0.05, 0) is 37.5 Å². The molecule has 0 radical (unpaired) electrons. The van der Waals surface area contributed by atoms with Gasteiger partial charge in [0.05, 0.1) is 0 Å². The second kappa shape index (κ2) is 3.72. The van der Waals surface area contributed by atoms with Gasteiger partial charge in [0, 0.05) is 11.3 Å². The molecule has 16 heavy (non-hydrogen) atoms. The molecule has 0 aromatic rings. The monoisotopic (exact) mass is 218 g/mol. The van der Waals surface area contributed by atoms with E-state index in [0.29, 0.717) is 23.5 Å². The Morgan fingerprint density at radius 1 is 1.19 bits per heavy atom. The van der Waals surface area contributed by atoms with E-state index in [1.54, 1.807) is 0 Å². The van der Waals surface area contributed by atoms with E-state index in [2.05, 4.69) is 19.1 Å². The molecule has 0 aromatic carbocycles. The lowest BCUT2D eigenvalue weighted by atomic mass is 9.45. The number of carbonyl (C=O) groups is 1. The van der Waals surface area contributed by atoms with Crippen molar-refractivity contribution in [1.29, 1.82) is 0 Å². The molecule has 0 unspecified atom stereocenters. The van der Waals surface area contributed by atoms with Crippen LogP contribution in [0.5, 0.6) is 0 Å². The summed E-state index contributed by atoms with van der Waals surface area (Å²) >= 11 is 0. The van der Waals surface area contributed by atoms with Crippen molar-refractivity contribution in [2.75, 3.05) is 0 Å². The van der Waals surface area contributed by atoms with E-state index in [-0.39, 0.29) is 5.41 Å². The maximum absolute atomic E-state index is 12.4. The van der Waals surface area contributed by atoms with Crippen molar-refractivity contribution in [2.24, 2.45) is 23.2 Å². The number of Topliss-reactive ketones (excluding diaryl/α,β-unsaturated/α-hetero) is 1. The third kappa shape index (κ3) is 1.26. The Morgan fingerprint density at radius 3 is 2.69 bits per heavy atom. The number of ketones is 1. The third-order valence-electron chi connectivity index (χ3n) is 5.43. The smallest absolute Gasteiger partial charge is 0.143 e.